The van der Waals surface area contributed by atoms with Crippen LogP contribution < -0.4 is 10.2 Å². The smallest absolute Gasteiger partial charge is 0.0921 e. The summed E-state index contributed by atoms with van der Waals surface area (Å²) in [7, 11) is 0. The molecule has 1 saturated heterocycles. The van der Waals surface area contributed by atoms with E-state index in [1.807, 2.05) is 11.8 Å². The molecule has 0 spiro atoms. The predicted molar refractivity (Wildman–Crippen MR) is 92.2 cm³/mol. The van der Waals surface area contributed by atoms with Crippen LogP contribution in [0.4, 0.5) is 5.69 Å². The minimum Gasteiger partial charge on any atom is -0.357 e. The largest absolute Gasteiger partial charge is 0.357 e. The van der Waals surface area contributed by atoms with Crippen LogP contribution in [0.5, 0.6) is 0 Å². The van der Waals surface area contributed by atoms with E-state index in [1.165, 1.54) is 21.7 Å². The van der Waals surface area contributed by atoms with Crippen molar-refractivity contribution in [1.29, 1.82) is 0 Å². The molecule has 0 radical (unpaired) electrons. The Morgan fingerprint density at radius 2 is 1.90 bits per heavy atom. The minimum atomic E-state index is 0.447. The van der Waals surface area contributed by atoms with Crippen molar-refractivity contribution in [3.8, 4) is 0 Å². The molecule has 1 atom stereocenters. The van der Waals surface area contributed by atoms with Crippen molar-refractivity contribution in [2.45, 2.75) is 24.1 Å². The van der Waals surface area contributed by atoms with Crippen LogP contribution in [0.2, 0.25) is 0 Å². The zero-order chi connectivity index (χ0) is 14.7. The van der Waals surface area contributed by atoms with Gasteiger partial charge < -0.3 is 10.2 Å². The lowest BCUT2D eigenvalue weighted by molar-refractivity contribution is 0.564. The molecule has 1 N–H and O–H groups in total. The predicted octanol–water partition coefficient (Wildman–Crippen LogP) is 3.83. The third-order valence-electron chi connectivity index (χ3n) is 3.88. The molecule has 1 aliphatic rings. The van der Waals surface area contributed by atoms with Crippen molar-refractivity contribution < 1.29 is 0 Å². The summed E-state index contributed by atoms with van der Waals surface area (Å²) in [4.78, 5) is 3.90. The molecular formula is C18H22N2S. The van der Waals surface area contributed by atoms with Crippen LogP contribution >= 0.6 is 11.8 Å². The van der Waals surface area contributed by atoms with Crippen molar-refractivity contribution in [3.05, 3.63) is 59.7 Å². The van der Waals surface area contributed by atoms with Gasteiger partial charge in [0.2, 0.25) is 0 Å². The molecule has 0 bridgehead atoms. The second kappa shape index (κ2) is 6.54. The highest BCUT2D eigenvalue weighted by atomic mass is 32.2. The number of aryl methyl sites for hydroxylation is 2. The van der Waals surface area contributed by atoms with Crippen molar-refractivity contribution in [2.24, 2.45) is 0 Å². The summed E-state index contributed by atoms with van der Waals surface area (Å²) in [5.41, 5.74) is 4.03. The standard InChI is InChI=1S/C18H22N2S/c1-14-8-9-17(15(2)12-14)21-18-13-19-10-11-20(18)16-6-4-3-5-7-16/h3-9,12,18-19H,10-11,13H2,1-2H3. The summed E-state index contributed by atoms with van der Waals surface area (Å²) < 4.78 is 0. The van der Waals surface area contributed by atoms with Crippen LogP contribution in [-0.4, -0.2) is 25.0 Å². The Balaban J connectivity index is 1.81. The number of benzene rings is 2. The van der Waals surface area contributed by atoms with Gasteiger partial charge in [0.15, 0.2) is 0 Å². The van der Waals surface area contributed by atoms with E-state index in [0.29, 0.717) is 5.37 Å². The van der Waals surface area contributed by atoms with Gasteiger partial charge in [0.1, 0.15) is 0 Å². The van der Waals surface area contributed by atoms with Crippen LogP contribution in [-0.2, 0) is 0 Å². The molecule has 1 aliphatic heterocycles. The number of para-hydroxylation sites is 1. The Bertz CT molecular complexity index is 597. The van der Waals surface area contributed by atoms with Gasteiger partial charge in [-0.2, -0.15) is 0 Å². The van der Waals surface area contributed by atoms with E-state index in [1.54, 1.807) is 0 Å². The first-order valence-electron chi connectivity index (χ1n) is 7.50. The van der Waals surface area contributed by atoms with Crippen molar-refractivity contribution in [2.75, 3.05) is 24.5 Å². The van der Waals surface area contributed by atoms with Gasteiger partial charge in [-0.25, -0.2) is 0 Å². The second-order valence-electron chi connectivity index (χ2n) is 5.57. The lowest BCUT2D eigenvalue weighted by Crippen LogP contribution is -2.49. The van der Waals surface area contributed by atoms with Gasteiger partial charge in [0.25, 0.3) is 0 Å². The van der Waals surface area contributed by atoms with Gasteiger partial charge in [0.05, 0.1) is 5.37 Å². The van der Waals surface area contributed by atoms with E-state index < -0.39 is 0 Å². The number of nitrogens with zero attached hydrogens (tertiary/aromatic N) is 1. The summed E-state index contributed by atoms with van der Waals surface area (Å²) in [6.45, 7) is 7.50. The van der Waals surface area contributed by atoms with Gasteiger partial charge in [-0.15, -0.1) is 0 Å². The van der Waals surface area contributed by atoms with Crippen LogP contribution in [0.25, 0.3) is 0 Å². The molecular weight excluding hydrogens is 276 g/mol. The lowest BCUT2D eigenvalue weighted by atomic mass is 10.2. The van der Waals surface area contributed by atoms with Crippen LogP contribution in [0, 0.1) is 13.8 Å². The highest BCUT2D eigenvalue weighted by Gasteiger charge is 2.23. The van der Waals surface area contributed by atoms with Crippen molar-refractivity contribution in [1.82, 2.24) is 5.32 Å². The number of anilines is 1. The SMILES string of the molecule is Cc1ccc(SC2CNCCN2c2ccccc2)c(C)c1. The zero-order valence-electron chi connectivity index (χ0n) is 12.7. The molecule has 3 heteroatoms. The van der Waals surface area contributed by atoms with Crippen LogP contribution in [0.3, 0.4) is 0 Å². The Morgan fingerprint density at radius 3 is 2.67 bits per heavy atom. The molecule has 2 nitrogen and oxygen atoms in total. The minimum absolute atomic E-state index is 0.447. The van der Waals surface area contributed by atoms with E-state index in [9.17, 15) is 0 Å². The number of rotatable bonds is 3. The van der Waals surface area contributed by atoms with E-state index in [4.69, 9.17) is 0 Å². The molecule has 0 saturated carbocycles. The third kappa shape index (κ3) is 3.42. The molecule has 0 aliphatic carbocycles. The number of nitrogens with one attached hydrogen (secondary N) is 1. The Hall–Kier alpha value is -1.45. The van der Waals surface area contributed by atoms with E-state index >= 15 is 0 Å². The average molecular weight is 298 g/mol. The fourth-order valence-electron chi connectivity index (χ4n) is 2.78. The third-order valence-corrected chi connectivity index (χ3v) is 5.28. The molecule has 2 aromatic carbocycles. The first-order valence-corrected chi connectivity index (χ1v) is 8.38. The summed E-state index contributed by atoms with van der Waals surface area (Å²) in [5, 5.41) is 3.97. The van der Waals surface area contributed by atoms with Gasteiger partial charge in [-0.1, -0.05) is 47.7 Å². The maximum absolute atomic E-state index is 3.52. The molecule has 1 heterocycles. The maximum atomic E-state index is 3.52. The number of hydrogen-bond donors (Lipinski definition) is 1. The molecule has 21 heavy (non-hydrogen) atoms. The second-order valence-corrected chi connectivity index (χ2v) is 6.79. The normalized spacial score (nSPS) is 18.8. The highest BCUT2D eigenvalue weighted by molar-refractivity contribution is 8.00. The molecule has 110 valence electrons. The first-order chi connectivity index (χ1) is 10.2. The Labute approximate surface area is 131 Å². The van der Waals surface area contributed by atoms with Crippen LogP contribution in [0.15, 0.2) is 53.4 Å². The molecule has 1 fully saturated rings. The molecule has 2 aromatic rings. The summed E-state index contributed by atoms with van der Waals surface area (Å²) in [5.74, 6) is 0. The van der Waals surface area contributed by atoms with Gasteiger partial charge in [-0.3, -0.25) is 0 Å². The van der Waals surface area contributed by atoms with E-state index in [-0.39, 0.29) is 0 Å². The topological polar surface area (TPSA) is 15.3 Å². The fraction of sp³-hybridized carbons (Fsp3) is 0.333. The lowest BCUT2D eigenvalue weighted by Gasteiger charge is -2.37. The Kier molecular flexibility index (Phi) is 4.51. The van der Waals surface area contributed by atoms with Crippen molar-refractivity contribution >= 4 is 17.4 Å². The number of piperazine rings is 1. The van der Waals surface area contributed by atoms with Gasteiger partial charge in [0, 0.05) is 30.2 Å². The van der Waals surface area contributed by atoms with E-state index in [2.05, 4.69) is 72.6 Å². The molecule has 3 rings (SSSR count). The Morgan fingerprint density at radius 1 is 1.10 bits per heavy atom. The molecule has 0 aromatic heterocycles. The average Bonchev–Trinajstić information content (AvgIpc) is 2.51. The number of thioether (sulfide) groups is 1. The van der Waals surface area contributed by atoms with E-state index in [0.717, 1.165) is 19.6 Å². The monoisotopic (exact) mass is 298 g/mol. The maximum Gasteiger partial charge on any atom is 0.0921 e. The van der Waals surface area contributed by atoms with Crippen molar-refractivity contribution in [3.63, 3.8) is 0 Å². The van der Waals surface area contributed by atoms with Crippen LogP contribution in [0.1, 0.15) is 11.1 Å². The zero-order valence-corrected chi connectivity index (χ0v) is 13.5. The quantitative estimate of drug-likeness (QED) is 0.927. The summed E-state index contributed by atoms with van der Waals surface area (Å²) in [6.07, 6.45) is 0. The summed E-state index contributed by atoms with van der Waals surface area (Å²) in [6, 6.07) is 17.5. The fourth-order valence-corrected chi connectivity index (χ4v) is 4.02. The first kappa shape index (κ1) is 14.5. The van der Waals surface area contributed by atoms with Gasteiger partial charge in [-0.05, 0) is 37.6 Å². The summed E-state index contributed by atoms with van der Waals surface area (Å²) >= 11 is 1.97. The molecule has 1 unspecified atom stereocenters. The highest BCUT2D eigenvalue weighted by Crippen LogP contribution is 2.32. The molecule has 0 amide bonds. The van der Waals surface area contributed by atoms with Gasteiger partial charge >= 0.3 is 0 Å². The number of hydrogen-bond acceptors (Lipinski definition) is 3.